The molecule has 0 fully saturated rings. The monoisotopic (exact) mass is 383 g/mol. The van der Waals surface area contributed by atoms with Gasteiger partial charge in [-0.2, -0.15) is 0 Å². The highest BCUT2D eigenvalue weighted by Gasteiger charge is 2.39. The molecule has 0 aliphatic carbocycles. The molecule has 144 valence electrons. The molecule has 0 N–H and O–H groups in total. The molecule has 1 aliphatic rings. The van der Waals surface area contributed by atoms with Crippen LogP contribution in [0.3, 0.4) is 0 Å². The predicted octanol–water partition coefficient (Wildman–Crippen LogP) is 2.49. The van der Waals surface area contributed by atoms with Gasteiger partial charge in [0, 0.05) is 12.8 Å². The summed E-state index contributed by atoms with van der Waals surface area (Å²) in [7, 11) is -3.36. The normalized spacial score (nSPS) is 17.4. The molecule has 0 aromatic heterocycles. The van der Waals surface area contributed by atoms with Gasteiger partial charge in [0.25, 0.3) is 0 Å². The molecule has 0 spiro atoms. The fraction of sp³-hybridized carbons (Fsp3) is 0.556. The summed E-state index contributed by atoms with van der Waals surface area (Å²) in [6.07, 6.45) is 0.953. The fourth-order valence-corrected chi connectivity index (χ4v) is 3.50. The second-order valence-corrected chi connectivity index (χ2v) is 9.23. The van der Waals surface area contributed by atoms with Crippen LogP contribution in [0, 0.1) is 0 Å². The van der Waals surface area contributed by atoms with Crippen molar-refractivity contribution in [1.82, 2.24) is 4.90 Å². The summed E-state index contributed by atoms with van der Waals surface area (Å²) in [5, 5.41) is 0. The third-order valence-electron chi connectivity index (χ3n) is 3.91. The molecule has 7 nitrogen and oxygen atoms in total. The van der Waals surface area contributed by atoms with Crippen LogP contribution in [0.4, 0.5) is 4.79 Å². The molecule has 1 atom stereocenters. The number of esters is 1. The number of nitrogens with zero attached hydrogens (tertiary/aromatic N) is 1. The number of hydrogen-bond donors (Lipinski definition) is 0. The van der Waals surface area contributed by atoms with E-state index >= 15 is 0 Å². The Balaban J connectivity index is 2.46. The third-order valence-corrected chi connectivity index (χ3v) is 5.02. The van der Waals surface area contributed by atoms with Gasteiger partial charge in [-0.05, 0) is 57.4 Å². The third kappa shape index (κ3) is 4.55. The standard InChI is InChI=1S/C18H25NO6S/c1-6-24-16(20)15-14-8-7-13(26(5,22)23)11-12(14)9-10-19(15)17(21)25-18(2,3)4/h7-8,11,15H,6,9-10H2,1-5H3. The second kappa shape index (κ2) is 7.26. The summed E-state index contributed by atoms with van der Waals surface area (Å²) in [6.45, 7) is 7.35. The molecule has 0 radical (unpaired) electrons. The molecular formula is C18H25NO6S. The summed E-state index contributed by atoms with van der Waals surface area (Å²) < 4.78 is 34.1. The Morgan fingerprint density at radius 1 is 1.27 bits per heavy atom. The lowest BCUT2D eigenvalue weighted by Crippen LogP contribution is -2.46. The molecule has 8 heteroatoms. The quantitative estimate of drug-likeness (QED) is 0.745. The first-order valence-electron chi connectivity index (χ1n) is 8.43. The number of ether oxygens (including phenoxy) is 2. The van der Waals surface area contributed by atoms with Gasteiger partial charge in [-0.25, -0.2) is 18.0 Å². The number of rotatable bonds is 3. The fourth-order valence-electron chi connectivity index (χ4n) is 2.83. The zero-order chi connectivity index (χ0) is 19.7. The number of hydrogen-bond acceptors (Lipinski definition) is 6. The van der Waals surface area contributed by atoms with E-state index in [1.54, 1.807) is 39.8 Å². The Morgan fingerprint density at radius 2 is 1.92 bits per heavy atom. The lowest BCUT2D eigenvalue weighted by Gasteiger charge is -2.36. The van der Waals surface area contributed by atoms with Crippen LogP contribution in [0.1, 0.15) is 44.9 Å². The summed E-state index contributed by atoms with van der Waals surface area (Å²) in [6, 6.07) is 3.62. The highest BCUT2D eigenvalue weighted by molar-refractivity contribution is 7.90. The Bertz CT molecular complexity index is 809. The Labute approximate surface area is 154 Å². The highest BCUT2D eigenvalue weighted by Crippen LogP contribution is 2.33. The zero-order valence-corrected chi connectivity index (χ0v) is 16.6. The minimum Gasteiger partial charge on any atom is -0.464 e. The molecular weight excluding hydrogens is 358 g/mol. The van der Waals surface area contributed by atoms with Crippen molar-refractivity contribution in [3.8, 4) is 0 Å². The van der Waals surface area contributed by atoms with Crippen LogP contribution in [0.2, 0.25) is 0 Å². The minimum absolute atomic E-state index is 0.175. The van der Waals surface area contributed by atoms with Crippen LogP contribution >= 0.6 is 0 Å². The molecule has 1 unspecified atom stereocenters. The SMILES string of the molecule is CCOC(=O)C1c2ccc(S(C)(=O)=O)cc2CCN1C(=O)OC(C)(C)C. The van der Waals surface area contributed by atoms with Crippen molar-refractivity contribution < 1.29 is 27.5 Å². The van der Waals surface area contributed by atoms with E-state index in [1.165, 1.54) is 11.0 Å². The average Bonchev–Trinajstić information content (AvgIpc) is 2.50. The minimum atomic E-state index is -3.36. The van der Waals surface area contributed by atoms with Crippen molar-refractivity contribution in [2.45, 2.75) is 50.7 Å². The van der Waals surface area contributed by atoms with E-state index < -0.39 is 33.5 Å². The van der Waals surface area contributed by atoms with Crippen molar-refractivity contribution in [2.24, 2.45) is 0 Å². The van der Waals surface area contributed by atoms with Crippen molar-refractivity contribution in [3.63, 3.8) is 0 Å². The first-order chi connectivity index (χ1) is 11.9. The molecule has 0 saturated heterocycles. The topological polar surface area (TPSA) is 90.0 Å². The predicted molar refractivity (Wildman–Crippen MR) is 95.6 cm³/mol. The summed E-state index contributed by atoms with van der Waals surface area (Å²) in [4.78, 5) is 26.6. The number of carbonyl (C=O) groups is 2. The molecule has 1 aromatic rings. The van der Waals surface area contributed by atoms with Crippen LogP contribution in [0.15, 0.2) is 23.1 Å². The van der Waals surface area contributed by atoms with Gasteiger partial charge in [0.05, 0.1) is 11.5 Å². The average molecular weight is 383 g/mol. The van der Waals surface area contributed by atoms with Crippen LogP contribution < -0.4 is 0 Å². The first-order valence-corrected chi connectivity index (χ1v) is 10.3. The molecule has 2 rings (SSSR count). The van der Waals surface area contributed by atoms with Gasteiger partial charge >= 0.3 is 12.1 Å². The maximum atomic E-state index is 12.6. The first kappa shape index (κ1) is 20.2. The highest BCUT2D eigenvalue weighted by atomic mass is 32.2. The van der Waals surface area contributed by atoms with E-state index in [4.69, 9.17) is 9.47 Å². The van der Waals surface area contributed by atoms with E-state index in [0.717, 1.165) is 6.26 Å². The van der Waals surface area contributed by atoms with E-state index in [0.29, 0.717) is 17.5 Å². The number of sulfone groups is 1. The van der Waals surface area contributed by atoms with Gasteiger partial charge in [-0.15, -0.1) is 0 Å². The zero-order valence-electron chi connectivity index (χ0n) is 15.7. The summed E-state index contributed by atoms with van der Waals surface area (Å²) >= 11 is 0. The smallest absolute Gasteiger partial charge is 0.411 e. The van der Waals surface area contributed by atoms with Gasteiger partial charge in [0.15, 0.2) is 15.9 Å². The van der Waals surface area contributed by atoms with Crippen LogP contribution in [0.5, 0.6) is 0 Å². The van der Waals surface area contributed by atoms with E-state index in [-0.39, 0.29) is 18.0 Å². The number of benzene rings is 1. The Kier molecular flexibility index (Phi) is 5.65. The van der Waals surface area contributed by atoms with Crippen LogP contribution in [-0.4, -0.2) is 50.4 Å². The van der Waals surface area contributed by atoms with E-state index in [9.17, 15) is 18.0 Å². The molecule has 1 aromatic carbocycles. The number of fused-ring (bicyclic) bond motifs is 1. The number of amides is 1. The number of carbonyl (C=O) groups excluding carboxylic acids is 2. The van der Waals surface area contributed by atoms with Crippen molar-refractivity contribution >= 4 is 21.9 Å². The van der Waals surface area contributed by atoms with Crippen LogP contribution in [0.25, 0.3) is 0 Å². The van der Waals surface area contributed by atoms with Gasteiger partial charge in [-0.3, -0.25) is 4.90 Å². The van der Waals surface area contributed by atoms with Crippen LogP contribution in [-0.2, 0) is 30.5 Å². The van der Waals surface area contributed by atoms with Crippen molar-refractivity contribution in [3.05, 3.63) is 29.3 Å². The lowest BCUT2D eigenvalue weighted by atomic mass is 9.93. The summed E-state index contributed by atoms with van der Waals surface area (Å²) in [5.41, 5.74) is 0.579. The maximum absolute atomic E-state index is 12.6. The molecule has 26 heavy (non-hydrogen) atoms. The maximum Gasteiger partial charge on any atom is 0.411 e. The van der Waals surface area contributed by atoms with Gasteiger partial charge in [0.2, 0.25) is 0 Å². The Morgan fingerprint density at radius 3 is 2.46 bits per heavy atom. The van der Waals surface area contributed by atoms with Gasteiger partial charge in [-0.1, -0.05) is 6.07 Å². The van der Waals surface area contributed by atoms with E-state index in [1.807, 2.05) is 0 Å². The largest absolute Gasteiger partial charge is 0.464 e. The van der Waals surface area contributed by atoms with Gasteiger partial charge < -0.3 is 9.47 Å². The Hall–Kier alpha value is -2.09. The molecule has 1 heterocycles. The molecule has 0 saturated carbocycles. The molecule has 1 amide bonds. The van der Waals surface area contributed by atoms with Crippen molar-refractivity contribution in [2.75, 3.05) is 19.4 Å². The summed E-state index contributed by atoms with van der Waals surface area (Å²) in [5.74, 6) is -0.564. The molecule has 1 aliphatic heterocycles. The second-order valence-electron chi connectivity index (χ2n) is 7.21. The molecule has 0 bridgehead atoms. The van der Waals surface area contributed by atoms with Crippen molar-refractivity contribution in [1.29, 1.82) is 0 Å². The lowest BCUT2D eigenvalue weighted by molar-refractivity contribution is -0.150. The van der Waals surface area contributed by atoms with E-state index in [2.05, 4.69) is 0 Å². The van der Waals surface area contributed by atoms with Gasteiger partial charge in [0.1, 0.15) is 5.60 Å².